The van der Waals surface area contributed by atoms with Gasteiger partial charge in [0.25, 0.3) is 0 Å². The van der Waals surface area contributed by atoms with Crippen molar-refractivity contribution in [3.8, 4) is 0 Å². The Morgan fingerprint density at radius 1 is 1.12 bits per heavy atom. The van der Waals surface area contributed by atoms with Crippen LogP contribution < -0.4 is 5.32 Å². The molecule has 0 aliphatic rings. The van der Waals surface area contributed by atoms with Gasteiger partial charge in [-0.25, -0.2) is 4.68 Å². The number of methoxy groups -OCH3 is 1. The fourth-order valence-electron chi connectivity index (χ4n) is 3.75. The van der Waals surface area contributed by atoms with Gasteiger partial charge in [-0.15, -0.1) is 5.10 Å². The highest BCUT2D eigenvalue weighted by molar-refractivity contribution is 5.89. The lowest BCUT2D eigenvalue weighted by molar-refractivity contribution is -0.142. The Labute approximate surface area is 197 Å². The third-order valence-corrected chi connectivity index (χ3v) is 5.53. The average molecular weight is 462 g/mol. The summed E-state index contributed by atoms with van der Waals surface area (Å²) < 4.78 is 12.1. The Hall–Kier alpha value is -3.98. The number of benzene rings is 2. The molecule has 4 aromatic rings. The molecule has 1 unspecified atom stereocenters. The number of carbonyl (C=O) groups excluding carboxylic acids is 2. The molecule has 4 rings (SSSR count). The van der Waals surface area contributed by atoms with Gasteiger partial charge in [-0.2, -0.15) is 0 Å². The van der Waals surface area contributed by atoms with Gasteiger partial charge in [-0.05, 0) is 36.8 Å². The number of nitrogens with one attached hydrogen (secondary N) is 1. The second kappa shape index (κ2) is 10.8. The highest BCUT2D eigenvalue weighted by atomic mass is 16.5. The number of amides is 2. The molecule has 9 nitrogen and oxygen atoms in total. The van der Waals surface area contributed by atoms with E-state index in [1.807, 2.05) is 55.5 Å². The van der Waals surface area contributed by atoms with Crippen LogP contribution in [0.3, 0.4) is 0 Å². The van der Waals surface area contributed by atoms with Crippen LogP contribution in [0.25, 0.3) is 11.0 Å². The Balaban J connectivity index is 1.63. The summed E-state index contributed by atoms with van der Waals surface area (Å²) in [7, 11) is 1.56. The zero-order chi connectivity index (χ0) is 23.9. The fraction of sp³-hybridized carbons (Fsp3) is 0.280. The number of ether oxygens (including phenoxy) is 1. The van der Waals surface area contributed by atoms with E-state index in [1.165, 1.54) is 4.90 Å². The number of aryl methyl sites for hydroxylation is 1. The summed E-state index contributed by atoms with van der Waals surface area (Å²) in [6.07, 6.45) is 1.55. The van der Waals surface area contributed by atoms with Crippen LogP contribution in [0.4, 0.5) is 0 Å². The number of hydrogen-bond acceptors (Lipinski definition) is 6. The first-order valence-corrected chi connectivity index (χ1v) is 11.0. The van der Waals surface area contributed by atoms with Crippen molar-refractivity contribution in [3.05, 3.63) is 83.8 Å². The molecular formula is C25H27N5O4. The van der Waals surface area contributed by atoms with Crippen LogP contribution in [0, 0.1) is 6.92 Å². The lowest BCUT2D eigenvalue weighted by Crippen LogP contribution is -2.46. The average Bonchev–Trinajstić information content (AvgIpc) is 3.51. The smallest absolute Gasteiger partial charge is 0.247 e. The second-order valence-corrected chi connectivity index (χ2v) is 7.93. The first-order chi connectivity index (χ1) is 16.6. The minimum atomic E-state index is -0.854. The normalized spacial score (nSPS) is 11.9. The van der Waals surface area contributed by atoms with E-state index in [-0.39, 0.29) is 38.1 Å². The number of carbonyl (C=O) groups is 2. The number of rotatable bonds is 10. The molecule has 0 saturated carbocycles. The monoisotopic (exact) mass is 461 g/mol. The van der Waals surface area contributed by atoms with E-state index < -0.39 is 6.04 Å². The molecule has 34 heavy (non-hydrogen) atoms. The molecule has 2 amide bonds. The maximum atomic E-state index is 13.6. The van der Waals surface area contributed by atoms with Crippen LogP contribution in [0.5, 0.6) is 0 Å². The van der Waals surface area contributed by atoms with E-state index >= 15 is 0 Å². The number of furan rings is 1. The van der Waals surface area contributed by atoms with Gasteiger partial charge in [-0.3, -0.25) is 9.59 Å². The largest absolute Gasteiger partial charge is 0.467 e. The molecule has 1 atom stereocenters. The van der Waals surface area contributed by atoms with E-state index in [0.717, 1.165) is 11.1 Å². The third kappa shape index (κ3) is 5.32. The predicted octanol–water partition coefficient (Wildman–Crippen LogP) is 2.87. The van der Waals surface area contributed by atoms with Gasteiger partial charge in [0.1, 0.15) is 23.9 Å². The van der Waals surface area contributed by atoms with Crippen molar-refractivity contribution in [2.45, 2.75) is 26.1 Å². The summed E-state index contributed by atoms with van der Waals surface area (Å²) in [6.45, 7) is 2.64. The molecular weight excluding hydrogens is 434 g/mol. The Bertz CT molecular complexity index is 1230. The van der Waals surface area contributed by atoms with E-state index in [9.17, 15) is 9.59 Å². The van der Waals surface area contributed by atoms with Gasteiger partial charge >= 0.3 is 0 Å². The minimum Gasteiger partial charge on any atom is -0.467 e. The van der Waals surface area contributed by atoms with Crippen LogP contribution in [0.2, 0.25) is 0 Å². The zero-order valence-corrected chi connectivity index (χ0v) is 19.2. The van der Waals surface area contributed by atoms with Crippen molar-refractivity contribution in [1.29, 1.82) is 0 Å². The van der Waals surface area contributed by atoms with Crippen molar-refractivity contribution >= 4 is 22.8 Å². The molecule has 2 heterocycles. The van der Waals surface area contributed by atoms with E-state index in [4.69, 9.17) is 9.15 Å². The Morgan fingerprint density at radius 2 is 1.91 bits per heavy atom. The third-order valence-electron chi connectivity index (χ3n) is 5.53. The molecule has 0 aliphatic carbocycles. The molecule has 0 fully saturated rings. The minimum absolute atomic E-state index is 0.0575. The van der Waals surface area contributed by atoms with Gasteiger partial charge in [0.15, 0.2) is 0 Å². The fourth-order valence-corrected chi connectivity index (χ4v) is 3.75. The summed E-state index contributed by atoms with van der Waals surface area (Å²) in [5, 5.41) is 11.2. The molecule has 2 aromatic carbocycles. The number of nitrogens with zero attached hydrogens (tertiary/aromatic N) is 4. The number of para-hydroxylation sites is 1. The Morgan fingerprint density at radius 3 is 2.65 bits per heavy atom. The highest BCUT2D eigenvalue weighted by Crippen LogP contribution is 2.23. The summed E-state index contributed by atoms with van der Waals surface area (Å²) in [4.78, 5) is 28.5. The van der Waals surface area contributed by atoms with Crippen LogP contribution in [-0.2, 0) is 27.4 Å². The molecule has 1 N–H and O–H groups in total. The van der Waals surface area contributed by atoms with Crippen LogP contribution >= 0.6 is 0 Å². The van der Waals surface area contributed by atoms with Gasteiger partial charge < -0.3 is 19.4 Å². The molecule has 0 bridgehead atoms. The van der Waals surface area contributed by atoms with E-state index in [0.29, 0.717) is 16.8 Å². The van der Waals surface area contributed by atoms with Crippen molar-refractivity contribution < 1.29 is 18.7 Å². The van der Waals surface area contributed by atoms with E-state index in [1.54, 1.807) is 30.2 Å². The molecule has 176 valence electrons. The predicted molar refractivity (Wildman–Crippen MR) is 126 cm³/mol. The summed E-state index contributed by atoms with van der Waals surface area (Å²) in [5.74, 6) is 0.0411. The van der Waals surface area contributed by atoms with Gasteiger partial charge in [-0.1, -0.05) is 47.2 Å². The standard InChI is InChI=1S/C25H27N5O4/c1-18-9-11-19(12-10-18)24(25(32)26-16-20-6-5-14-34-20)29(13-15-33-2)23(31)17-30-22-8-4-3-7-21(22)27-28-30/h3-12,14,24H,13,15-17H2,1-2H3,(H,26,32). The van der Waals surface area contributed by atoms with Crippen LogP contribution in [0.15, 0.2) is 71.3 Å². The quantitative estimate of drug-likeness (QED) is 0.390. The van der Waals surface area contributed by atoms with Crippen molar-refractivity contribution in [3.63, 3.8) is 0 Å². The SMILES string of the molecule is COCCN(C(=O)Cn1nnc2ccccc21)C(C(=O)NCc1ccco1)c1ccc(C)cc1. The van der Waals surface area contributed by atoms with Crippen LogP contribution in [-0.4, -0.2) is 52.0 Å². The van der Waals surface area contributed by atoms with E-state index in [2.05, 4.69) is 15.6 Å². The van der Waals surface area contributed by atoms with Gasteiger partial charge in [0, 0.05) is 13.7 Å². The van der Waals surface area contributed by atoms with Crippen molar-refractivity contribution in [1.82, 2.24) is 25.2 Å². The first kappa shape index (κ1) is 23.2. The van der Waals surface area contributed by atoms with Gasteiger partial charge in [0.2, 0.25) is 11.8 Å². The zero-order valence-electron chi connectivity index (χ0n) is 19.2. The lowest BCUT2D eigenvalue weighted by Gasteiger charge is -2.31. The highest BCUT2D eigenvalue weighted by Gasteiger charge is 2.31. The van der Waals surface area contributed by atoms with Crippen molar-refractivity contribution in [2.24, 2.45) is 0 Å². The van der Waals surface area contributed by atoms with Crippen molar-refractivity contribution in [2.75, 3.05) is 20.3 Å². The molecule has 0 saturated heterocycles. The number of fused-ring (bicyclic) bond motifs is 1. The Kier molecular flexibility index (Phi) is 7.34. The first-order valence-electron chi connectivity index (χ1n) is 11.0. The number of hydrogen-bond donors (Lipinski definition) is 1. The molecule has 0 aliphatic heterocycles. The van der Waals surface area contributed by atoms with Crippen LogP contribution in [0.1, 0.15) is 22.9 Å². The summed E-state index contributed by atoms with van der Waals surface area (Å²) in [5.41, 5.74) is 3.21. The number of aromatic nitrogens is 3. The molecule has 0 spiro atoms. The maximum Gasteiger partial charge on any atom is 0.247 e. The summed E-state index contributed by atoms with van der Waals surface area (Å²) >= 11 is 0. The molecule has 9 heteroatoms. The second-order valence-electron chi connectivity index (χ2n) is 7.93. The summed E-state index contributed by atoms with van der Waals surface area (Å²) in [6, 6.07) is 17.7. The molecule has 2 aromatic heterocycles. The maximum absolute atomic E-state index is 13.6. The molecule has 0 radical (unpaired) electrons. The van der Waals surface area contributed by atoms with Gasteiger partial charge in [0.05, 0.1) is 24.9 Å². The topological polar surface area (TPSA) is 102 Å². The lowest BCUT2D eigenvalue weighted by atomic mass is 10.0.